The van der Waals surface area contributed by atoms with E-state index in [9.17, 15) is 18.4 Å². The molecule has 0 spiro atoms. The molecule has 0 saturated carbocycles. The van der Waals surface area contributed by atoms with Crippen LogP contribution in [0.15, 0.2) is 53.6 Å². The molecule has 1 unspecified atom stereocenters. The summed E-state index contributed by atoms with van der Waals surface area (Å²) in [4.78, 5) is 26.1. The lowest BCUT2D eigenvalue weighted by Gasteiger charge is -2.16. The molecule has 2 heterocycles. The van der Waals surface area contributed by atoms with Gasteiger partial charge in [-0.05, 0) is 49.1 Å². The number of ketones is 1. The van der Waals surface area contributed by atoms with Crippen molar-refractivity contribution >= 4 is 34.0 Å². The number of halogens is 2. The number of amides is 1. The molecule has 0 bridgehead atoms. The van der Waals surface area contributed by atoms with Crippen molar-refractivity contribution in [1.29, 1.82) is 0 Å². The van der Waals surface area contributed by atoms with Crippen LogP contribution >= 0.6 is 0 Å². The summed E-state index contributed by atoms with van der Waals surface area (Å²) < 4.78 is 30.1. The molecule has 1 aromatic heterocycles. The first-order valence-corrected chi connectivity index (χ1v) is 10.6. The zero-order valence-electron chi connectivity index (χ0n) is 18.5. The minimum absolute atomic E-state index is 0.110. The summed E-state index contributed by atoms with van der Waals surface area (Å²) >= 11 is 0. The van der Waals surface area contributed by atoms with Crippen molar-refractivity contribution in [2.75, 3.05) is 5.01 Å². The third-order valence-electron chi connectivity index (χ3n) is 6.14. The minimum atomic E-state index is -2.95. The second-order valence-electron chi connectivity index (χ2n) is 8.31. The van der Waals surface area contributed by atoms with E-state index < -0.39 is 17.7 Å². The fourth-order valence-electron chi connectivity index (χ4n) is 4.13. The Morgan fingerprint density at radius 2 is 1.88 bits per heavy atom. The van der Waals surface area contributed by atoms with Crippen LogP contribution in [-0.4, -0.2) is 22.0 Å². The van der Waals surface area contributed by atoms with Crippen molar-refractivity contribution in [3.05, 3.63) is 65.4 Å². The topological polar surface area (TPSA) is 54.7 Å². The van der Waals surface area contributed by atoms with Crippen molar-refractivity contribution in [2.45, 2.75) is 39.5 Å². The lowest BCUT2D eigenvalue weighted by Crippen LogP contribution is -2.33. The molecule has 0 radical (unpaired) electrons. The second-order valence-corrected chi connectivity index (χ2v) is 8.31. The third-order valence-corrected chi connectivity index (χ3v) is 6.14. The number of aromatic nitrogens is 1. The fraction of sp³-hybridized carbons (Fsp3) is 0.320. The monoisotopic (exact) mass is 437 g/mol. The van der Waals surface area contributed by atoms with E-state index in [2.05, 4.69) is 11.2 Å². The Hall–Kier alpha value is -3.35. The maximum atomic E-state index is 14.0. The van der Waals surface area contributed by atoms with Gasteiger partial charge in [0.15, 0.2) is 5.78 Å². The number of hydrazone groups is 1. The Kier molecular flexibility index (Phi) is 5.44. The Labute approximate surface area is 185 Å². The first-order chi connectivity index (χ1) is 15.1. The standard InChI is InChI=1S/C25H25F2N3O2/c1-5-25(26,27)19-8-6-7-17(12-19)13-22(31)23-16(3)28-30(24(23)32)20-10-9-18-11-15(2)29(4)21(18)14-20/h6-12,14,23H,5,13H2,1-4H3. The lowest BCUT2D eigenvalue weighted by molar-refractivity contribution is -0.128. The highest BCUT2D eigenvalue weighted by Crippen LogP contribution is 2.32. The summed E-state index contributed by atoms with van der Waals surface area (Å²) in [6.07, 6.45) is -0.433. The van der Waals surface area contributed by atoms with E-state index >= 15 is 0 Å². The number of rotatable bonds is 6. The molecule has 4 rings (SSSR count). The summed E-state index contributed by atoms with van der Waals surface area (Å²) in [5.41, 5.74) is 3.38. The second kappa shape index (κ2) is 7.97. The number of carbonyl (C=O) groups is 2. The van der Waals surface area contributed by atoms with Gasteiger partial charge in [0.25, 0.3) is 11.8 Å². The van der Waals surface area contributed by atoms with Gasteiger partial charge in [0.2, 0.25) is 0 Å². The van der Waals surface area contributed by atoms with Gasteiger partial charge >= 0.3 is 0 Å². The van der Waals surface area contributed by atoms with Crippen LogP contribution < -0.4 is 5.01 Å². The van der Waals surface area contributed by atoms with Crippen LogP contribution in [0.3, 0.4) is 0 Å². The first-order valence-electron chi connectivity index (χ1n) is 10.6. The number of benzene rings is 2. The van der Waals surface area contributed by atoms with E-state index in [0.717, 1.165) is 16.6 Å². The summed E-state index contributed by atoms with van der Waals surface area (Å²) in [6.45, 7) is 5.06. The lowest BCUT2D eigenvalue weighted by atomic mass is 9.92. The maximum Gasteiger partial charge on any atom is 0.273 e. The molecule has 166 valence electrons. The molecular formula is C25H25F2N3O2. The minimum Gasteiger partial charge on any atom is -0.348 e. The van der Waals surface area contributed by atoms with Gasteiger partial charge in [-0.15, -0.1) is 0 Å². The first kappa shape index (κ1) is 21.9. The number of hydrogen-bond donors (Lipinski definition) is 0. The molecule has 0 fully saturated rings. The average Bonchev–Trinajstić information content (AvgIpc) is 3.22. The van der Waals surface area contributed by atoms with Gasteiger partial charge in [-0.2, -0.15) is 10.1 Å². The average molecular weight is 437 g/mol. The number of alkyl halides is 2. The molecule has 7 heteroatoms. The van der Waals surface area contributed by atoms with Crippen molar-refractivity contribution in [3.8, 4) is 0 Å². The predicted molar refractivity (Wildman–Crippen MR) is 121 cm³/mol. The molecule has 0 aliphatic carbocycles. The van der Waals surface area contributed by atoms with E-state index in [1.807, 2.05) is 30.7 Å². The smallest absolute Gasteiger partial charge is 0.273 e. The molecule has 2 aromatic carbocycles. The molecule has 5 nitrogen and oxygen atoms in total. The van der Waals surface area contributed by atoms with Crippen LogP contribution in [0.4, 0.5) is 14.5 Å². The molecule has 0 N–H and O–H groups in total. The highest BCUT2D eigenvalue weighted by atomic mass is 19.3. The highest BCUT2D eigenvalue weighted by molar-refractivity contribution is 6.27. The van der Waals surface area contributed by atoms with E-state index in [1.54, 1.807) is 19.1 Å². The van der Waals surface area contributed by atoms with Gasteiger partial charge in [-0.3, -0.25) is 9.59 Å². The Balaban J connectivity index is 1.57. The van der Waals surface area contributed by atoms with E-state index in [4.69, 9.17) is 0 Å². The molecular weight excluding hydrogens is 412 g/mol. The third kappa shape index (κ3) is 3.72. The van der Waals surface area contributed by atoms with Crippen LogP contribution in [0.2, 0.25) is 0 Å². The number of hydrogen-bond acceptors (Lipinski definition) is 3. The zero-order valence-corrected chi connectivity index (χ0v) is 18.5. The number of Topliss-reactive ketones (excluding diaryl/α,β-unsaturated/α-hetero) is 1. The fourth-order valence-corrected chi connectivity index (χ4v) is 4.13. The van der Waals surface area contributed by atoms with E-state index in [1.165, 1.54) is 30.1 Å². The van der Waals surface area contributed by atoms with Crippen LogP contribution in [0.1, 0.15) is 37.1 Å². The van der Waals surface area contributed by atoms with E-state index in [0.29, 0.717) is 17.0 Å². The molecule has 1 atom stereocenters. The van der Waals surface area contributed by atoms with E-state index in [-0.39, 0.29) is 24.2 Å². The Morgan fingerprint density at radius 1 is 1.12 bits per heavy atom. The summed E-state index contributed by atoms with van der Waals surface area (Å²) in [6, 6.07) is 13.5. The van der Waals surface area contributed by atoms with Crippen molar-refractivity contribution in [2.24, 2.45) is 18.1 Å². The van der Waals surface area contributed by atoms with Gasteiger partial charge in [0.05, 0.1) is 16.9 Å². The predicted octanol–water partition coefficient (Wildman–Crippen LogP) is 5.14. The van der Waals surface area contributed by atoms with Gasteiger partial charge in [-0.25, -0.2) is 8.78 Å². The summed E-state index contributed by atoms with van der Waals surface area (Å²) in [5, 5.41) is 6.67. The molecule has 1 aliphatic heterocycles. The quantitative estimate of drug-likeness (QED) is 0.502. The number of aryl methyl sites for hydroxylation is 2. The number of carbonyl (C=O) groups excluding carboxylic acids is 2. The van der Waals surface area contributed by atoms with Gasteiger partial charge in [-0.1, -0.05) is 31.2 Å². The van der Waals surface area contributed by atoms with Gasteiger partial charge in [0, 0.05) is 31.1 Å². The number of fused-ring (bicyclic) bond motifs is 1. The summed E-state index contributed by atoms with van der Waals surface area (Å²) in [5.74, 6) is -4.75. The highest BCUT2D eigenvalue weighted by Gasteiger charge is 2.39. The van der Waals surface area contributed by atoms with Gasteiger partial charge < -0.3 is 4.57 Å². The normalized spacial score (nSPS) is 16.7. The van der Waals surface area contributed by atoms with Crippen molar-refractivity contribution < 1.29 is 18.4 Å². The Bertz CT molecular complexity index is 1260. The molecule has 3 aromatic rings. The van der Waals surface area contributed by atoms with Crippen LogP contribution in [-0.2, 0) is 29.0 Å². The van der Waals surface area contributed by atoms with Crippen LogP contribution in [0.5, 0.6) is 0 Å². The Morgan fingerprint density at radius 3 is 2.59 bits per heavy atom. The molecule has 0 saturated heterocycles. The van der Waals surface area contributed by atoms with Crippen molar-refractivity contribution in [3.63, 3.8) is 0 Å². The summed E-state index contributed by atoms with van der Waals surface area (Å²) in [7, 11) is 1.95. The number of anilines is 1. The van der Waals surface area contributed by atoms with Crippen molar-refractivity contribution in [1.82, 2.24) is 4.57 Å². The van der Waals surface area contributed by atoms with Crippen LogP contribution in [0.25, 0.3) is 10.9 Å². The van der Waals surface area contributed by atoms with Gasteiger partial charge in [0.1, 0.15) is 5.92 Å². The molecule has 1 amide bonds. The molecule has 32 heavy (non-hydrogen) atoms. The largest absolute Gasteiger partial charge is 0.348 e. The maximum absolute atomic E-state index is 14.0. The molecule has 1 aliphatic rings. The zero-order chi connectivity index (χ0) is 23.2. The SMILES string of the molecule is CCC(F)(F)c1cccc(CC(=O)C2C(=O)N(c3ccc4cc(C)n(C)c4c3)N=C2C)c1. The van der Waals surface area contributed by atoms with Crippen LogP contribution in [0, 0.1) is 12.8 Å². The number of nitrogens with zero attached hydrogens (tertiary/aromatic N) is 3.